The molecule has 2 aromatic heterocycles. The van der Waals surface area contributed by atoms with Crippen LogP contribution >= 0.6 is 11.8 Å². The van der Waals surface area contributed by atoms with Crippen LogP contribution in [0.2, 0.25) is 0 Å². The standard InChI is InChI=1S/C18H21N5OS/c1-12(17(24)23-10-6-2-3-7-11-23)25-18-20-16-15(21-22-18)13-8-4-5-9-14(13)19-16/h4-5,8-9,12H,2-3,6-7,10-11H2,1H3,(H,19,20,22)/t12-/m1/s1. The van der Waals surface area contributed by atoms with Crippen LogP contribution in [0.1, 0.15) is 32.6 Å². The van der Waals surface area contributed by atoms with Gasteiger partial charge >= 0.3 is 0 Å². The Morgan fingerprint density at radius 1 is 1.16 bits per heavy atom. The summed E-state index contributed by atoms with van der Waals surface area (Å²) < 4.78 is 0. The Labute approximate surface area is 150 Å². The molecule has 6 nitrogen and oxygen atoms in total. The molecule has 3 aromatic rings. The highest BCUT2D eigenvalue weighted by molar-refractivity contribution is 8.00. The number of carbonyl (C=O) groups excluding carboxylic acids is 1. The molecule has 1 aliphatic heterocycles. The fourth-order valence-electron chi connectivity index (χ4n) is 3.31. The molecule has 130 valence electrons. The Kier molecular flexibility index (Phi) is 4.57. The summed E-state index contributed by atoms with van der Waals surface area (Å²) in [6, 6.07) is 7.95. The van der Waals surface area contributed by atoms with Gasteiger partial charge in [0.25, 0.3) is 0 Å². The highest BCUT2D eigenvalue weighted by atomic mass is 32.2. The van der Waals surface area contributed by atoms with Gasteiger partial charge in [-0.1, -0.05) is 42.8 Å². The number of fused-ring (bicyclic) bond motifs is 3. The maximum atomic E-state index is 12.7. The minimum absolute atomic E-state index is 0.173. The molecule has 0 unspecified atom stereocenters. The molecule has 1 aliphatic rings. The van der Waals surface area contributed by atoms with E-state index in [1.54, 1.807) is 0 Å². The average molecular weight is 355 g/mol. The number of aromatic nitrogens is 4. The molecule has 1 saturated heterocycles. The maximum absolute atomic E-state index is 12.7. The van der Waals surface area contributed by atoms with Gasteiger partial charge in [0.2, 0.25) is 11.1 Å². The third-order valence-electron chi connectivity index (χ3n) is 4.65. The predicted octanol–water partition coefficient (Wildman–Crippen LogP) is 3.39. The number of nitrogens with zero attached hydrogens (tertiary/aromatic N) is 4. The van der Waals surface area contributed by atoms with Gasteiger partial charge in [-0.25, -0.2) is 4.98 Å². The number of thioether (sulfide) groups is 1. The lowest BCUT2D eigenvalue weighted by molar-refractivity contribution is -0.130. The van der Waals surface area contributed by atoms with Crippen molar-refractivity contribution in [2.75, 3.05) is 13.1 Å². The molecule has 25 heavy (non-hydrogen) atoms. The minimum Gasteiger partial charge on any atom is -0.342 e. The molecule has 1 aromatic carbocycles. The van der Waals surface area contributed by atoms with Crippen LogP contribution in [0.25, 0.3) is 22.1 Å². The SMILES string of the molecule is C[C@@H](Sc1nnc2c(n1)[nH]c1ccccc12)C(=O)N1CCCCCC1. The van der Waals surface area contributed by atoms with Gasteiger partial charge < -0.3 is 9.88 Å². The van der Waals surface area contributed by atoms with E-state index in [1.165, 1.54) is 24.6 Å². The second-order valence-electron chi connectivity index (χ2n) is 6.46. The van der Waals surface area contributed by atoms with Crippen molar-refractivity contribution in [3.8, 4) is 0 Å². The molecule has 0 aliphatic carbocycles. The Morgan fingerprint density at radius 2 is 1.92 bits per heavy atom. The third kappa shape index (κ3) is 3.33. The zero-order chi connectivity index (χ0) is 17.2. The Balaban J connectivity index is 1.53. The second-order valence-corrected chi connectivity index (χ2v) is 7.77. The van der Waals surface area contributed by atoms with Gasteiger partial charge in [-0.05, 0) is 25.8 Å². The van der Waals surface area contributed by atoms with Gasteiger partial charge in [-0.15, -0.1) is 10.2 Å². The highest BCUT2D eigenvalue weighted by Crippen LogP contribution is 2.26. The van der Waals surface area contributed by atoms with E-state index in [0.29, 0.717) is 10.8 Å². The molecule has 4 rings (SSSR count). The summed E-state index contributed by atoms with van der Waals surface area (Å²) in [5.41, 5.74) is 2.48. The van der Waals surface area contributed by atoms with Crippen LogP contribution in [0.5, 0.6) is 0 Å². The van der Waals surface area contributed by atoms with E-state index >= 15 is 0 Å². The number of aromatic amines is 1. The minimum atomic E-state index is -0.207. The van der Waals surface area contributed by atoms with Crippen molar-refractivity contribution in [3.05, 3.63) is 24.3 Å². The van der Waals surface area contributed by atoms with Crippen molar-refractivity contribution in [1.82, 2.24) is 25.1 Å². The first-order chi connectivity index (χ1) is 12.2. The largest absolute Gasteiger partial charge is 0.342 e. The lowest BCUT2D eigenvalue weighted by atomic mass is 10.2. The molecule has 1 atom stereocenters. The lowest BCUT2D eigenvalue weighted by Gasteiger charge is -2.23. The van der Waals surface area contributed by atoms with Crippen molar-refractivity contribution in [1.29, 1.82) is 0 Å². The summed E-state index contributed by atoms with van der Waals surface area (Å²) in [6.07, 6.45) is 4.63. The molecule has 1 N–H and O–H groups in total. The van der Waals surface area contributed by atoms with Crippen LogP contribution in [0.3, 0.4) is 0 Å². The van der Waals surface area contributed by atoms with Gasteiger partial charge in [0.1, 0.15) is 5.52 Å². The Bertz CT molecular complexity index is 901. The normalized spacial score (nSPS) is 16.9. The average Bonchev–Trinajstić information content (AvgIpc) is 2.80. The summed E-state index contributed by atoms with van der Waals surface area (Å²) in [5, 5.41) is 9.89. The summed E-state index contributed by atoms with van der Waals surface area (Å²) in [5.74, 6) is 0.173. The molecule has 0 saturated carbocycles. The fourth-order valence-corrected chi connectivity index (χ4v) is 4.11. The zero-order valence-corrected chi connectivity index (χ0v) is 15.1. The number of rotatable bonds is 3. The summed E-state index contributed by atoms with van der Waals surface area (Å²) in [7, 11) is 0. The fraction of sp³-hybridized carbons (Fsp3) is 0.444. The van der Waals surface area contributed by atoms with Gasteiger partial charge in [-0.3, -0.25) is 4.79 Å². The van der Waals surface area contributed by atoms with Gasteiger partial charge in [0, 0.05) is 24.0 Å². The highest BCUT2D eigenvalue weighted by Gasteiger charge is 2.23. The summed E-state index contributed by atoms with van der Waals surface area (Å²) in [6.45, 7) is 3.66. The smallest absolute Gasteiger partial charge is 0.235 e. The number of hydrogen-bond acceptors (Lipinski definition) is 5. The Morgan fingerprint density at radius 3 is 2.72 bits per heavy atom. The van der Waals surface area contributed by atoms with Crippen LogP contribution < -0.4 is 0 Å². The van der Waals surface area contributed by atoms with Crippen molar-refractivity contribution < 1.29 is 4.79 Å². The Hall–Kier alpha value is -2.15. The lowest BCUT2D eigenvalue weighted by Crippen LogP contribution is -2.37. The molecular weight excluding hydrogens is 334 g/mol. The van der Waals surface area contributed by atoms with Crippen molar-refractivity contribution >= 4 is 39.7 Å². The van der Waals surface area contributed by atoms with E-state index in [2.05, 4.69) is 20.2 Å². The monoisotopic (exact) mass is 355 g/mol. The predicted molar refractivity (Wildman–Crippen MR) is 99.6 cm³/mol. The van der Waals surface area contributed by atoms with Gasteiger partial charge in [0.05, 0.1) is 5.25 Å². The van der Waals surface area contributed by atoms with Gasteiger partial charge in [0.15, 0.2) is 5.65 Å². The van der Waals surface area contributed by atoms with Crippen molar-refractivity contribution in [2.24, 2.45) is 0 Å². The molecule has 1 amide bonds. The van der Waals surface area contributed by atoms with Crippen LogP contribution in [0.15, 0.2) is 29.4 Å². The number of hydrogen-bond donors (Lipinski definition) is 1. The second kappa shape index (κ2) is 7.00. The molecular formula is C18H21N5OS. The van der Waals surface area contributed by atoms with Crippen LogP contribution in [0, 0.1) is 0 Å². The van der Waals surface area contributed by atoms with Crippen LogP contribution in [0.4, 0.5) is 0 Å². The first-order valence-corrected chi connectivity index (χ1v) is 9.67. The zero-order valence-electron chi connectivity index (χ0n) is 14.2. The van der Waals surface area contributed by atoms with Crippen molar-refractivity contribution in [2.45, 2.75) is 43.0 Å². The topological polar surface area (TPSA) is 74.8 Å². The van der Waals surface area contributed by atoms with E-state index < -0.39 is 0 Å². The molecule has 0 bridgehead atoms. The molecule has 0 radical (unpaired) electrons. The van der Waals surface area contributed by atoms with Crippen molar-refractivity contribution in [3.63, 3.8) is 0 Å². The van der Waals surface area contributed by atoms with E-state index in [4.69, 9.17) is 0 Å². The number of likely N-dealkylation sites (tertiary alicyclic amines) is 1. The number of nitrogens with one attached hydrogen (secondary N) is 1. The third-order valence-corrected chi connectivity index (χ3v) is 5.59. The first kappa shape index (κ1) is 16.3. The number of para-hydroxylation sites is 1. The van der Waals surface area contributed by atoms with Crippen LogP contribution in [-0.4, -0.2) is 49.3 Å². The summed E-state index contributed by atoms with van der Waals surface area (Å²) in [4.78, 5) is 22.5. The number of benzene rings is 1. The molecule has 0 spiro atoms. The number of carbonyl (C=O) groups is 1. The number of amides is 1. The summed E-state index contributed by atoms with van der Waals surface area (Å²) >= 11 is 1.38. The molecule has 7 heteroatoms. The molecule has 3 heterocycles. The van der Waals surface area contributed by atoms with E-state index in [1.807, 2.05) is 36.1 Å². The van der Waals surface area contributed by atoms with E-state index in [0.717, 1.165) is 42.4 Å². The van der Waals surface area contributed by atoms with Gasteiger partial charge in [-0.2, -0.15) is 0 Å². The van der Waals surface area contributed by atoms with E-state index in [9.17, 15) is 4.79 Å². The quantitative estimate of drug-likeness (QED) is 0.729. The first-order valence-electron chi connectivity index (χ1n) is 8.79. The number of H-pyrrole nitrogens is 1. The van der Waals surface area contributed by atoms with Crippen LogP contribution in [-0.2, 0) is 4.79 Å². The van der Waals surface area contributed by atoms with E-state index in [-0.39, 0.29) is 11.2 Å². The molecule has 1 fully saturated rings. The maximum Gasteiger partial charge on any atom is 0.235 e.